The fraction of sp³-hybridized carbons (Fsp3) is 0.273. The van der Waals surface area contributed by atoms with Gasteiger partial charge in [0.15, 0.2) is 0 Å². The second kappa shape index (κ2) is 7.07. The third-order valence-corrected chi connectivity index (χ3v) is 1.32. The maximum Gasteiger partial charge on any atom is -0.0282 e. The Labute approximate surface area is 69.6 Å². The number of rotatable bonds is 5. The molecular formula is C11H16. The van der Waals surface area contributed by atoms with E-state index in [0.29, 0.717) is 0 Å². The van der Waals surface area contributed by atoms with Gasteiger partial charge in [-0.15, -0.1) is 0 Å². The van der Waals surface area contributed by atoms with Gasteiger partial charge in [0, 0.05) is 0 Å². The Kier molecular flexibility index (Phi) is 6.40. The van der Waals surface area contributed by atoms with Crippen LogP contribution in [0.15, 0.2) is 49.1 Å². The Hall–Kier alpha value is -1.04. The van der Waals surface area contributed by atoms with Gasteiger partial charge in [0.1, 0.15) is 0 Å². The molecule has 0 aromatic rings. The van der Waals surface area contributed by atoms with E-state index in [2.05, 4.69) is 26.2 Å². The van der Waals surface area contributed by atoms with Gasteiger partial charge in [0.2, 0.25) is 0 Å². The van der Waals surface area contributed by atoms with Gasteiger partial charge >= 0.3 is 0 Å². The molecule has 0 unspecified atom stereocenters. The molecule has 0 radical (unpaired) electrons. The Morgan fingerprint density at radius 1 is 1.27 bits per heavy atom. The van der Waals surface area contributed by atoms with Gasteiger partial charge in [-0.25, -0.2) is 0 Å². The zero-order valence-electron chi connectivity index (χ0n) is 7.22. The predicted octanol–water partition coefficient (Wildman–Crippen LogP) is 3.64. The van der Waals surface area contributed by atoms with Crippen molar-refractivity contribution in [3.05, 3.63) is 49.1 Å². The molecule has 60 valence electrons. The van der Waals surface area contributed by atoms with E-state index in [9.17, 15) is 0 Å². The number of hydrogen-bond donors (Lipinski definition) is 0. The van der Waals surface area contributed by atoms with Crippen molar-refractivity contribution in [2.45, 2.75) is 19.8 Å². The molecule has 0 spiro atoms. The highest BCUT2D eigenvalue weighted by Gasteiger charge is 1.86. The highest BCUT2D eigenvalue weighted by atomic mass is 13.9. The smallest absolute Gasteiger partial charge is 0.0282 e. The lowest BCUT2D eigenvalue weighted by Gasteiger charge is -1.95. The zero-order chi connectivity index (χ0) is 8.53. The van der Waals surface area contributed by atoms with Crippen molar-refractivity contribution >= 4 is 0 Å². The molecule has 0 fully saturated rings. The normalized spacial score (nSPS) is 11.9. The maximum absolute atomic E-state index is 3.65. The molecule has 11 heavy (non-hydrogen) atoms. The lowest BCUT2D eigenvalue weighted by atomic mass is 10.1. The van der Waals surface area contributed by atoms with Gasteiger partial charge in [-0.3, -0.25) is 0 Å². The van der Waals surface area contributed by atoms with Crippen LogP contribution in [0.1, 0.15) is 19.8 Å². The largest absolute Gasteiger partial charge is 0.0991 e. The van der Waals surface area contributed by atoms with Crippen LogP contribution in [0.2, 0.25) is 0 Å². The average Bonchev–Trinajstić information content (AvgIpc) is 2.01. The molecule has 0 aliphatic rings. The zero-order valence-corrected chi connectivity index (χ0v) is 7.22. The van der Waals surface area contributed by atoms with E-state index in [1.54, 1.807) is 6.08 Å². The molecule has 0 nitrogen and oxygen atoms in total. The van der Waals surface area contributed by atoms with Crippen LogP contribution in [-0.2, 0) is 0 Å². The van der Waals surface area contributed by atoms with Crippen molar-refractivity contribution in [3.63, 3.8) is 0 Å². The first kappa shape index (κ1) is 9.96. The standard InChI is InChI=1S/C11H16/c1-4-7-10-11(8-5-2)9-6-3/h4-5,7-8,10H,1-2,6,9H2,3H3/b10-7-,11-8-. The van der Waals surface area contributed by atoms with Crippen LogP contribution in [-0.4, -0.2) is 0 Å². The van der Waals surface area contributed by atoms with Crippen LogP contribution < -0.4 is 0 Å². The summed E-state index contributed by atoms with van der Waals surface area (Å²) in [6.45, 7) is 9.43. The van der Waals surface area contributed by atoms with Crippen LogP contribution in [0, 0.1) is 0 Å². The highest BCUT2D eigenvalue weighted by Crippen LogP contribution is 2.06. The summed E-state index contributed by atoms with van der Waals surface area (Å²) in [5.74, 6) is 0. The first-order valence-electron chi connectivity index (χ1n) is 3.95. The molecule has 0 aromatic carbocycles. The summed E-state index contributed by atoms with van der Waals surface area (Å²) in [7, 11) is 0. The average molecular weight is 148 g/mol. The van der Waals surface area contributed by atoms with E-state index in [4.69, 9.17) is 0 Å². The van der Waals surface area contributed by atoms with Crippen LogP contribution in [0.4, 0.5) is 0 Å². The molecule has 0 aromatic heterocycles. The van der Waals surface area contributed by atoms with E-state index in [1.165, 1.54) is 12.0 Å². The van der Waals surface area contributed by atoms with E-state index in [-0.39, 0.29) is 0 Å². The molecule has 0 atom stereocenters. The Morgan fingerprint density at radius 2 is 2.00 bits per heavy atom. The topological polar surface area (TPSA) is 0 Å². The molecule has 0 amide bonds. The third-order valence-electron chi connectivity index (χ3n) is 1.32. The minimum Gasteiger partial charge on any atom is -0.0991 e. The fourth-order valence-electron chi connectivity index (χ4n) is 0.854. The predicted molar refractivity (Wildman–Crippen MR) is 52.5 cm³/mol. The molecule has 0 aliphatic carbocycles. The van der Waals surface area contributed by atoms with Crippen LogP contribution >= 0.6 is 0 Å². The molecule has 0 rings (SSSR count). The summed E-state index contributed by atoms with van der Waals surface area (Å²) >= 11 is 0. The number of hydrogen-bond acceptors (Lipinski definition) is 0. The summed E-state index contributed by atoms with van der Waals surface area (Å²) in [5, 5.41) is 0. The van der Waals surface area contributed by atoms with E-state index in [1.807, 2.05) is 18.2 Å². The molecule has 0 saturated carbocycles. The van der Waals surface area contributed by atoms with Gasteiger partial charge in [-0.2, -0.15) is 0 Å². The lowest BCUT2D eigenvalue weighted by Crippen LogP contribution is -1.75. The van der Waals surface area contributed by atoms with Crippen molar-refractivity contribution < 1.29 is 0 Å². The number of allylic oxidation sites excluding steroid dienone is 6. The van der Waals surface area contributed by atoms with Crippen molar-refractivity contribution in [1.29, 1.82) is 0 Å². The molecule has 0 aliphatic heterocycles. The van der Waals surface area contributed by atoms with E-state index >= 15 is 0 Å². The molecule has 0 bridgehead atoms. The maximum atomic E-state index is 3.65. The van der Waals surface area contributed by atoms with Gasteiger partial charge in [0.05, 0.1) is 0 Å². The second-order valence-corrected chi connectivity index (χ2v) is 2.32. The van der Waals surface area contributed by atoms with Gasteiger partial charge < -0.3 is 0 Å². The summed E-state index contributed by atoms with van der Waals surface area (Å²) in [4.78, 5) is 0. The Morgan fingerprint density at radius 3 is 2.45 bits per heavy atom. The van der Waals surface area contributed by atoms with Crippen molar-refractivity contribution in [1.82, 2.24) is 0 Å². The monoisotopic (exact) mass is 148 g/mol. The molecular weight excluding hydrogens is 132 g/mol. The third kappa shape index (κ3) is 5.41. The van der Waals surface area contributed by atoms with Crippen molar-refractivity contribution in [2.75, 3.05) is 0 Å². The SMILES string of the molecule is C=C/C=C\C(=C/C=C)CCC. The van der Waals surface area contributed by atoms with Gasteiger partial charge in [-0.05, 0) is 12.0 Å². The van der Waals surface area contributed by atoms with Crippen molar-refractivity contribution in [3.8, 4) is 0 Å². The molecule has 0 saturated heterocycles. The van der Waals surface area contributed by atoms with Crippen molar-refractivity contribution in [2.24, 2.45) is 0 Å². The van der Waals surface area contributed by atoms with E-state index in [0.717, 1.165) is 6.42 Å². The highest BCUT2D eigenvalue weighted by molar-refractivity contribution is 5.24. The Balaban J connectivity index is 4.09. The Bertz CT molecular complexity index is 170. The quantitative estimate of drug-likeness (QED) is 0.522. The first-order valence-corrected chi connectivity index (χ1v) is 3.95. The van der Waals surface area contributed by atoms with Crippen LogP contribution in [0.25, 0.3) is 0 Å². The second-order valence-electron chi connectivity index (χ2n) is 2.32. The van der Waals surface area contributed by atoms with Gasteiger partial charge in [-0.1, -0.05) is 56.9 Å². The first-order chi connectivity index (χ1) is 5.35. The fourth-order valence-corrected chi connectivity index (χ4v) is 0.854. The lowest BCUT2D eigenvalue weighted by molar-refractivity contribution is 0.926. The summed E-state index contributed by atoms with van der Waals surface area (Å²) < 4.78 is 0. The van der Waals surface area contributed by atoms with Crippen LogP contribution in [0.3, 0.4) is 0 Å². The molecule has 0 N–H and O–H groups in total. The molecule has 0 heteroatoms. The van der Waals surface area contributed by atoms with Gasteiger partial charge in [0.25, 0.3) is 0 Å². The van der Waals surface area contributed by atoms with Crippen LogP contribution in [0.5, 0.6) is 0 Å². The summed E-state index contributed by atoms with van der Waals surface area (Å²) in [5.41, 5.74) is 1.31. The summed E-state index contributed by atoms with van der Waals surface area (Å²) in [6, 6.07) is 0. The summed E-state index contributed by atoms with van der Waals surface area (Å²) in [6.07, 6.45) is 11.9. The van der Waals surface area contributed by atoms with E-state index < -0.39 is 0 Å². The minimum atomic E-state index is 1.11. The molecule has 0 heterocycles. The minimum absolute atomic E-state index is 1.11.